The molecule has 0 aliphatic carbocycles. The van der Waals surface area contributed by atoms with Crippen molar-refractivity contribution in [2.45, 2.75) is 114 Å². The van der Waals surface area contributed by atoms with Crippen LogP contribution in [0.25, 0.3) is 0 Å². The van der Waals surface area contributed by atoms with Crippen molar-refractivity contribution in [3.8, 4) is 0 Å². The van der Waals surface area contributed by atoms with Crippen molar-refractivity contribution >= 4 is 38.7 Å². The Morgan fingerprint density at radius 2 is 1.00 bits per heavy atom. The first-order chi connectivity index (χ1) is 12.9. The van der Waals surface area contributed by atoms with Crippen LogP contribution in [0.5, 0.6) is 0 Å². The molecule has 0 heterocycles. The molecule has 0 spiro atoms. The van der Waals surface area contributed by atoms with E-state index in [1.165, 1.54) is 64.2 Å². The van der Waals surface area contributed by atoms with E-state index in [2.05, 4.69) is 13.8 Å². The van der Waals surface area contributed by atoms with Gasteiger partial charge < -0.3 is 5.11 Å². The van der Waals surface area contributed by atoms with Crippen LogP contribution in [0.15, 0.2) is 0 Å². The molecule has 0 unspecified atom stereocenters. The van der Waals surface area contributed by atoms with Gasteiger partial charge in [0.05, 0.1) is 0 Å². The van der Waals surface area contributed by atoms with E-state index in [1.54, 1.807) is 21.7 Å². The van der Waals surface area contributed by atoms with Crippen LogP contribution in [0.3, 0.4) is 0 Å². The number of carbonyl (C=O) groups is 3. The zero-order valence-corrected chi connectivity index (χ0v) is 21.0. The number of hydrogen-bond acceptors (Lipinski definition) is 3. The maximum absolute atomic E-state index is 10.4. The quantitative estimate of drug-likeness (QED) is 0.152. The van der Waals surface area contributed by atoms with Crippen LogP contribution in [0, 0.1) is 5.92 Å². The summed E-state index contributed by atoms with van der Waals surface area (Å²) in [5.74, 6) is -4.10. The molecule has 0 saturated carbocycles. The fraction of sp³-hybridized carbons (Fsp3) is 0.864. The van der Waals surface area contributed by atoms with Gasteiger partial charge in [-0.25, -0.2) is 0 Å². The molecule has 0 bridgehead atoms. The second kappa shape index (κ2) is 21.9. The molecule has 0 aliphatic rings. The van der Waals surface area contributed by atoms with Crippen LogP contribution >= 0.6 is 0 Å². The summed E-state index contributed by atoms with van der Waals surface area (Å²) in [6, 6.07) is 0. The van der Waals surface area contributed by atoms with Crippen LogP contribution in [0.4, 0.5) is 0 Å². The predicted molar refractivity (Wildman–Crippen MR) is 115 cm³/mol. The summed E-state index contributed by atoms with van der Waals surface area (Å²) >= 11 is 0.0736. The van der Waals surface area contributed by atoms with E-state index in [1.807, 2.05) is 0 Å². The molecule has 0 saturated heterocycles. The summed E-state index contributed by atoms with van der Waals surface area (Å²) in [7, 11) is 0. The number of rotatable bonds is 17. The van der Waals surface area contributed by atoms with E-state index in [9.17, 15) is 14.4 Å². The molecule has 0 aromatic heterocycles. The van der Waals surface area contributed by atoms with Gasteiger partial charge in [0.25, 0.3) is 0 Å². The number of carboxylic acids is 1. The molecular weight excluding hydrogens is 447 g/mol. The summed E-state index contributed by atoms with van der Waals surface area (Å²) in [5, 5.41) is 8.27. The van der Waals surface area contributed by atoms with Crippen molar-refractivity contribution in [2.75, 3.05) is 0 Å². The fourth-order valence-electron chi connectivity index (χ4n) is 2.82. The Bertz CT molecular complexity index is 335. The minimum atomic E-state index is -1.47. The van der Waals surface area contributed by atoms with Gasteiger partial charge in [-0.3, -0.25) is 14.4 Å². The van der Waals surface area contributed by atoms with E-state index in [4.69, 9.17) is 5.11 Å². The number of carbonyl (C=O) groups excluding carboxylic acids is 2. The fourth-order valence-corrected chi connectivity index (χ4v) is 6.39. The molecule has 0 aromatic rings. The van der Waals surface area contributed by atoms with E-state index >= 15 is 0 Å². The van der Waals surface area contributed by atoms with Crippen molar-refractivity contribution in [2.24, 2.45) is 5.92 Å². The van der Waals surface area contributed by atoms with Crippen molar-refractivity contribution < 1.29 is 19.5 Å². The van der Waals surface area contributed by atoms with Gasteiger partial charge in [-0.05, 0) is 13.8 Å². The average Bonchev–Trinajstić information content (AvgIpc) is 2.58. The normalized spacial score (nSPS) is 10.4. The summed E-state index contributed by atoms with van der Waals surface area (Å²) in [4.78, 5) is 31.0. The maximum atomic E-state index is 10.4. The number of Topliss-reactive ketones (excluding diaryl/α,β-unsaturated/α-hetero) is 2. The summed E-state index contributed by atoms with van der Waals surface area (Å²) < 4.78 is 3.31. The molecule has 4 nitrogen and oxygen atoms in total. The summed E-state index contributed by atoms with van der Waals surface area (Å²) in [6.07, 6.45) is 17.8. The molecule has 5 heteroatoms. The van der Waals surface area contributed by atoms with Gasteiger partial charge in [0.1, 0.15) is 0 Å². The van der Waals surface area contributed by atoms with Crippen molar-refractivity contribution in [1.82, 2.24) is 0 Å². The second-order valence-corrected chi connectivity index (χ2v) is 11.6. The zero-order chi connectivity index (χ0) is 20.9. The Balaban J connectivity index is 0. The molecule has 0 rings (SSSR count). The summed E-state index contributed by atoms with van der Waals surface area (Å²) in [6.45, 7) is 6.77. The third-order valence-corrected chi connectivity index (χ3v) is 8.51. The average molecular weight is 489 g/mol. The molecule has 0 amide bonds. The molecule has 0 fully saturated rings. The molecule has 27 heavy (non-hydrogen) atoms. The van der Waals surface area contributed by atoms with Crippen LogP contribution in [0.1, 0.15) is 105 Å². The Hall–Kier alpha value is -0.391. The predicted octanol–water partition coefficient (Wildman–Crippen LogP) is 6.11. The monoisotopic (exact) mass is 490 g/mol. The summed E-state index contributed by atoms with van der Waals surface area (Å²) in [5.41, 5.74) is 0. The number of ketones is 2. The molecule has 0 aromatic carbocycles. The van der Waals surface area contributed by atoms with E-state index < -0.39 is 23.5 Å². The Labute approximate surface area is 177 Å². The third kappa shape index (κ3) is 21.8. The number of aliphatic carboxylic acids is 1. The molecule has 1 N–H and O–H groups in total. The SMILES string of the molecule is CC(=O)C(C(C)=O)C(=O)O.CCCCCCC[CH2][Sn][CH2]CCCCCCC. The number of carboxylic acid groups (broad SMARTS) is 1. The van der Waals surface area contributed by atoms with Crippen LogP contribution < -0.4 is 0 Å². The first-order valence-electron chi connectivity index (χ1n) is 10.8. The Kier molecular flexibility index (Phi) is 23.4. The van der Waals surface area contributed by atoms with Gasteiger partial charge in [-0.1, -0.05) is 0 Å². The van der Waals surface area contributed by atoms with Gasteiger partial charge in [-0.15, -0.1) is 0 Å². The van der Waals surface area contributed by atoms with Crippen LogP contribution in [0.2, 0.25) is 8.87 Å². The topological polar surface area (TPSA) is 71.4 Å². The number of unbranched alkanes of at least 4 members (excludes halogenated alkanes) is 10. The Morgan fingerprint density at radius 1 is 0.667 bits per heavy atom. The van der Waals surface area contributed by atoms with Crippen LogP contribution in [-0.2, 0) is 14.4 Å². The molecular formula is C22H42O4Sn. The van der Waals surface area contributed by atoms with E-state index in [0.717, 1.165) is 13.8 Å². The van der Waals surface area contributed by atoms with Crippen molar-refractivity contribution in [1.29, 1.82) is 0 Å². The molecule has 0 aliphatic heterocycles. The minimum absolute atomic E-state index is 0.0736. The molecule has 0 atom stereocenters. The van der Waals surface area contributed by atoms with E-state index in [0.29, 0.717) is 0 Å². The van der Waals surface area contributed by atoms with Gasteiger partial charge in [-0.2, -0.15) is 0 Å². The number of hydrogen-bond donors (Lipinski definition) is 1. The third-order valence-electron chi connectivity index (χ3n) is 4.47. The van der Waals surface area contributed by atoms with Crippen LogP contribution in [-0.4, -0.2) is 43.8 Å². The molecule has 2 radical (unpaired) electrons. The first kappa shape index (κ1) is 28.8. The van der Waals surface area contributed by atoms with Gasteiger partial charge >= 0.3 is 127 Å². The second-order valence-electron chi connectivity index (χ2n) is 7.28. The van der Waals surface area contributed by atoms with E-state index in [-0.39, 0.29) is 21.1 Å². The standard InChI is InChI=1S/2C8H17.C6H8O4.Sn/c2*1-3-5-7-8-6-4-2;1-3(7)5(4(2)8)6(9)10;/h2*1,3-8H2,2H3;5H,1-2H3,(H,9,10);. The molecule has 158 valence electrons. The zero-order valence-electron chi connectivity index (χ0n) is 18.1. The van der Waals surface area contributed by atoms with Gasteiger partial charge in [0, 0.05) is 0 Å². The van der Waals surface area contributed by atoms with Crippen molar-refractivity contribution in [3.05, 3.63) is 0 Å². The van der Waals surface area contributed by atoms with Crippen molar-refractivity contribution in [3.63, 3.8) is 0 Å². The Morgan fingerprint density at radius 3 is 1.26 bits per heavy atom. The van der Waals surface area contributed by atoms with Gasteiger partial charge in [0.2, 0.25) is 0 Å². The van der Waals surface area contributed by atoms with Gasteiger partial charge in [0.15, 0.2) is 17.5 Å². The first-order valence-corrected chi connectivity index (χ1v) is 14.9.